The van der Waals surface area contributed by atoms with Crippen LogP contribution < -0.4 is 5.73 Å². The van der Waals surface area contributed by atoms with E-state index >= 15 is 0 Å². The summed E-state index contributed by atoms with van der Waals surface area (Å²) in [7, 11) is 0. The van der Waals surface area contributed by atoms with E-state index in [9.17, 15) is 0 Å². The molecule has 0 unspecified atom stereocenters. The van der Waals surface area contributed by atoms with Crippen molar-refractivity contribution in [1.82, 2.24) is 4.98 Å². The molecule has 0 bridgehead atoms. The van der Waals surface area contributed by atoms with E-state index in [1.807, 2.05) is 18.0 Å². The molecule has 1 saturated heterocycles. The van der Waals surface area contributed by atoms with Crippen LogP contribution >= 0.6 is 11.8 Å². The summed E-state index contributed by atoms with van der Waals surface area (Å²) in [5.41, 5.74) is 5.45. The second-order valence-electron chi connectivity index (χ2n) is 3.94. The average Bonchev–Trinajstić information content (AvgIpc) is 2.76. The number of hydrogen-bond donors (Lipinski definition) is 1. The summed E-state index contributed by atoms with van der Waals surface area (Å²) in [6, 6.07) is 0. The fourth-order valence-corrected chi connectivity index (χ4v) is 2.97. The van der Waals surface area contributed by atoms with Gasteiger partial charge in [0.05, 0.1) is 6.20 Å². The van der Waals surface area contributed by atoms with E-state index in [2.05, 4.69) is 4.98 Å². The van der Waals surface area contributed by atoms with Gasteiger partial charge in [0, 0.05) is 12.3 Å². The normalized spacial score (nSPS) is 18.2. The van der Waals surface area contributed by atoms with Gasteiger partial charge in [-0.3, -0.25) is 0 Å². The van der Waals surface area contributed by atoms with Gasteiger partial charge in [-0.1, -0.05) is 0 Å². The van der Waals surface area contributed by atoms with Gasteiger partial charge in [-0.25, -0.2) is 4.98 Å². The van der Waals surface area contributed by atoms with Crippen LogP contribution in [0.25, 0.3) is 0 Å². The van der Waals surface area contributed by atoms with Crippen molar-refractivity contribution >= 4 is 11.8 Å². The molecule has 0 aliphatic carbocycles. The van der Waals surface area contributed by atoms with Gasteiger partial charge < -0.3 is 10.2 Å². The molecule has 2 N–H and O–H groups in total. The number of aryl methyl sites for hydroxylation is 1. The largest absolute Gasteiger partial charge is 0.445 e. The summed E-state index contributed by atoms with van der Waals surface area (Å²) in [6.45, 7) is 0.706. The number of oxazole rings is 1. The Hall–Kier alpha value is -0.480. The van der Waals surface area contributed by atoms with Gasteiger partial charge in [-0.2, -0.15) is 11.8 Å². The fourth-order valence-electron chi connectivity index (χ4n) is 1.86. The van der Waals surface area contributed by atoms with Gasteiger partial charge in [0.1, 0.15) is 5.76 Å². The summed E-state index contributed by atoms with van der Waals surface area (Å²) in [4.78, 5) is 4.30. The van der Waals surface area contributed by atoms with Crippen molar-refractivity contribution in [3.05, 3.63) is 17.8 Å². The van der Waals surface area contributed by atoms with Crippen molar-refractivity contribution in [1.29, 1.82) is 0 Å². The predicted octanol–water partition coefficient (Wildman–Crippen LogP) is 2.18. The van der Waals surface area contributed by atoms with Gasteiger partial charge in [0.25, 0.3) is 0 Å². The zero-order valence-electron chi connectivity index (χ0n) is 8.95. The number of nitrogens with zero attached hydrogens (tertiary/aromatic N) is 1. The quantitative estimate of drug-likeness (QED) is 0.855. The minimum atomic E-state index is 0.602. The summed E-state index contributed by atoms with van der Waals surface area (Å²) in [5, 5.41) is 0. The molecule has 1 aliphatic heterocycles. The number of thioether (sulfide) groups is 1. The van der Waals surface area contributed by atoms with Crippen molar-refractivity contribution in [2.75, 3.05) is 18.1 Å². The summed E-state index contributed by atoms with van der Waals surface area (Å²) in [5.74, 6) is 5.05. The van der Waals surface area contributed by atoms with E-state index < -0.39 is 0 Å². The van der Waals surface area contributed by atoms with Crippen LogP contribution in [0.2, 0.25) is 0 Å². The lowest BCUT2D eigenvalue weighted by Crippen LogP contribution is -2.06. The molecule has 1 aromatic heterocycles. The zero-order chi connectivity index (χ0) is 10.5. The highest BCUT2D eigenvalue weighted by Crippen LogP contribution is 2.31. The van der Waals surface area contributed by atoms with E-state index in [0.717, 1.165) is 24.5 Å². The SMILES string of the molecule is NCCCc1ncc(C2CCSCC2)o1. The minimum Gasteiger partial charge on any atom is -0.445 e. The van der Waals surface area contributed by atoms with E-state index in [0.29, 0.717) is 12.5 Å². The van der Waals surface area contributed by atoms with Crippen molar-refractivity contribution in [2.24, 2.45) is 5.73 Å². The molecular weight excluding hydrogens is 208 g/mol. The second-order valence-corrected chi connectivity index (χ2v) is 5.16. The van der Waals surface area contributed by atoms with Crippen LogP contribution in [0.5, 0.6) is 0 Å². The third-order valence-corrected chi connectivity index (χ3v) is 3.84. The minimum absolute atomic E-state index is 0.602. The number of nitrogens with two attached hydrogens (primary N) is 1. The first-order chi connectivity index (χ1) is 7.40. The molecule has 1 aromatic rings. The Labute approximate surface area is 94.8 Å². The lowest BCUT2D eigenvalue weighted by molar-refractivity contribution is 0.409. The maximum Gasteiger partial charge on any atom is 0.194 e. The van der Waals surface area contributed by atoms with Crippen LogP contribution in [-0.4, -0.2) is 23.0 Å². The van der Waals surface area contributed by atoms with Gasteiger partial charge >= 0.3 is 0 Å². The Bertz CT molecular complexity index is 295. The van der Waals surface area contributed by atoms with E-state index in [4.69, 9.17) is 10.2 Å². The second kappa shape index (κ2) is 5.56. The molecule has 0 saturated carbocycles. The van der Waals surface area contributed by atoms with E-state index in [1.165, 1.54) is 24.3 Å². The van der Waals surface area contributed by atoms with Gasteiger partial charge in [0.15, 0.2) is 5.89 Å². The third-order valence-electron chi connectivity index (χ3n) is 2.79. The molecular formula is C11H18N2OS. The van der Waals surface area contributed by atoms with Gasteiger partial charge in [0.2, 0.25) is 0 Å². The molecule has 0 atom stereocenters. The molecule has 0 aromatic carbocycles. The maximum absolute atomic E-state index is 5.75. The molecule has 2 heterocycles. The van der Waals surface area contributed by atoms with Crippen molar-refractivity contribution in [3.63, 3.8) is 0 Å². The van der Waals surface area contributed by atoms with E-state index in [-0.39, 0.29) is 0 Å². The molecule has 2 rings (SSSR count). The highest BCUT2D eigenvalue weighted by atomic mass is 32.2. The highest BCUT2D eigenvalue weighted by molar-refractivity contribution is 7.99. The first-order valence-electron chi connectivity index (χ1n) is 5.62. The third kappa shape index (κ3) is 2.98. The van der Waals surface area contributed by atoms with E-state index in [1.54, 1.807) is 0 Å². The van der Waals surface area contributed by atoms with Crippen LogP contribution in [0.1, 0.15) is 36.8 Å². The molecule has 1 aliphatic rings. The summed E-state index contributed by atoms with van der Waals surface area (Å²) >= 11 is 2.04. The zero-order valence-corrected chi connectivity index (χ0v) is 9.76. The molecule has 1 fully saturated rings. The maximum atomic E-state index is 5.75. The predicted molar refractivity (Wildman–Crippen MR) is 63.2 cm³/mol. The Morgan fingerprint density at radius 1 is 1.47 bits per heavy atom. The van der Waals surface area contributed by atoms with Gasteiger partial charge in [-0.05, 0) is 37.3 Å². The van der Waals surface area contributed by atoms with Crippen molar-refractivity contribution < 1.29 is 4.42 Å². The Morgan fingerprint density at radius 3 is 3.00 bits per heavy atom. The molecule has 84 valence electrons. The summed E-state index contributed by atoms with van der Waals surface area (Å²) < 4.78 is 5.75. The molecule has 3 nitrogen and oxygen atoms in total. The van der Waals surface area contributed by atoms with Crippen LogP contribution in [-0.2, 0) is 6.42 Å². The Morgan fingerprint density at radius 2 is 2.27 bits per heavy atom. The smallest absolute Gasteiger partial charge is 0.194 e. The topological polar surface area (TPSA) is 52.0 Å². The molecule has 0 spiro atoms. The first-order valence-corrected chi connectivity index (χ1v) is 6.78. The van der Waals surface area contributed by atoms with Crippen LogP contribution in [0, 0.1) is 0 Å². The van der Waals surface area contributed by atoms with Crippen molar-refractivity contribution in [2.45, 2.75) is 31.6 Å². The lowest BCUT2D eigenvalue weighted by atomic mass is 10.0. The first kappa shape index (κ1) is 11.0. The molecule has 0 amide bonds. The molecule has 15 heavy (non-hydrogen) atoms. The van der Waals surface area contributed by atoms with Crippen LogP contribution in [0.3, 0.4) is 0 Å². The van der Waals surface area contributed by atoms with Crippen LogP contribution in [0.4, 0.5) is 0 Å². The number of rotatable bonds is 4. The van der Waals surface area contributed by atoms with Crippen LogP contribution in [0.15, 0.2) is 10.6 Å². The van der Waals surface area contributed by atoms with Gasteiger partial charge in [-0.15, -0.1) is 0 Å². The fraction of sp³-hybridized carbons (Fsp3) is 0.727. The Kier molecular flexibility index (Phi) is 4.09. The lowest BCUT2D eigenvalue weighted by Gasteiger charge is -2.18. The average molecular weight is 226 g/mol. The number of aromatic nitrogens is 1. The Balaban J connectivity index is 1.93. The summed E-state index contributed by atoms with van der Waals surface area (Å²) in [6.07, 6.45) is 6.21. The standard InChI is InChI=1S/C11H18N2OS/c12-5-1-2-11-13-8-10(14-11)9-3-6-15-7-4-9/h8-9H,1-7,12H2. The number of hydrogen-bond acceptors (Lipinski definition) is 4. The van der Waals surface area contributed by atoms with Crippen molar-refractivity contribution in [3.8, 4) is 0 Å². The monoisotopic (exact) mass is 226 g/mol. The highest BCUT2D eigenvalue weighted by Gasteiger charge is 2.19. The molecule has 0 radical (unpaired) electrons. The molecule has 4 heteroatoms.